The maximum absolute atomic E-state index is 6.20. The van der Waals surface area contributed by atoms with Crippen molar-refractivity contribution in [2.45, 2.75) is 38.6 Å². The summed E-state index contributed by atoms with van der Waals surface area (Å²) in [7, 11) is 1.64. The Balaban J connectivity index is 1.90. The highest BCUT2D eigenvalue weighted by atomic mass is 35.5. The van der Waals surface area contributed by atoms with Gasteiger partial charge >= 0.3 is 0 Å². The van der Waals surface area contributed by atoms with Crippen LogP contribution in [0, 0.1) is 5.92 Å². The van der Waals surface area contributed by atoms with Gasteiger partial charge in [-0.3, -0.25) is 0 Å². The fraction of sp³-hybridized carbons (Fsp3) is 0.625. The van der Waals surface area contributed by atoms with Crippen molar-refractivity contribution in [1.82, 2.24) is 0 Å². The average molecular weight is 297 g/mol. The van der Waals surface area contributed by atoms with Crippen molar-refractivity contribution in [3.63, 3.8) is 0 Å². The molecule has 1 heterocycles. The summed E-state index contributed by atoms with van der Waals surface area (Å²) in [5, 5.41) is 0.682. The van der Waals surface area contributed by atoms with Crippen LogP contribution in [0.2, 0.25) is 5.02 Å². The molecule has 1 aromatic rings. The number of hydrogen-bond acceptors (Lipinski definition) is 3. The minimum Gasteiger partial charge on any atom is -0.495 e. The second-order valence-electron chi connectivity index (χ2n) is 5.67. The van der Waals surface area contributed by atoms with Crippen molar-refractivity contribution in [2.24, 2.45) is 11.7 Å². The zero-order valence-corrected chi connectivity index (χ0v) is 13.2. The summed E-state index contributed by atoms with van der Waals surface area (Å²) < 4.78 is 5.20. The summed E-state index contributed by atoms with van der Waals surface area (Å²) >= 11 is 6.20. The van der Waals surface area contributed by atoms with E-state index in [-0.39, 0.29) is 0 Å². The van der Waals surface area contributed by atoms with Gasteiger partial charge in [0, 0.05) is 24.8 Å². The van der Waals surface area contributed by atoms with E-state index in [1.165, 1.54) is 18.5 Å². The van der Waals surface area contributed by atoms with Crippen LogP contribution in [-0.2, 0) is 0 Å². The van der Waals surface area contributed by atoms with Crippen LogP contribution < -0.4 is 15.4 Å². The van der Waals surface area contributed by atoms with Gasteiger partial charge in [-0.1, -0.05) is 18.5 Å². The first-order valence-electron chi connectivity index (χ1n) is 7.48. The van der Waals surface area contributed by atoms with Gasteiger partial charge in [0.05, 0.1) is 12.1 Å². The second kappa shape index (κ2) is 7.19. The van der Waals surface area contributed by atoms with Crippen LogP contribution in [0.25, 0.3) is 0 Å². The fourth-order valence-corrected chi connectivity index (χ4v) is 3.06. The third-order valence-electron chi connectivity index (χ3n) is 4.26. The number of nitrogens with zero attached hydrogens (tertiary/aromatic N) is 1. The molecule has 1 aromatic carbocycles. The van der Waals surface area contributed by atoms with Crippen LogP contribution in [0.3, 0.4) is 0 Å². The Morgan fingerprint density at radius 1 is 1.50 bits per heavy atom. The van der Waals surface area contributed by atoms with Gasteiger partial charge in [0.1, 0.15) is 5.75 Å². The standard InChI is InChI=1S/C16H25ClN2O/c1-3-13(18)5-4-12-8-9-19(11-12)14-6-7-16(20-2)15(17)10-14/h6-7,10,12-13H,3-5,8-9,11,18H2,1-2H3. The molecule has 0 radical (unpaired) electrons. The molecule has 1 aliphatic rings. The maximum atomic E-state index is 6.20. The van der Waals surface area contributed by atoms with E-state index in [1.807, 2.05) is 12.1 Å². The van der Waals surface area contributed by atoms with E-state index in [2.05, 4.69) is 17.9 Å². The third kappa shape index (κ3) is 3.80. The Hall–Kier alpha value is -0.930. The largest absolute Gasteiger partial charge is 0.495 e. The summed E-state index contributed by atoms with van der Waals surface area (Å²) in [4.78, 5) is 2.41. The van der Waals surface area contributed by atoms with Gasteiger partial charge in [-0.25, -0.2) is 0 Å². The molecule has 4 heteroatoms. The Morgan fingerprint density at radius 2 is 2.30 bits per heavy atom. The lowest BCUT2D eigenvalue weighted by atomic mass is 9.98. The topological polar surface area (TPSA) is 38.5 Å². The maximum Gasteiger partial charge on any atom is 0.137 e. The summed E-state index contributed by atoms with van der Waals surface area (Å²) in [6, 6.07) is 6.39. The Morgan fingerprint density at radius 3 is 2.95 bits per heavy atom. The highest BCUT2D eigenvalue weighted by Crippen LogP contribution is 2.32. The van der Waals surface area contributed by atoms with Crippen molar-refractivity contribution >= 4 is 17.3 Å². The normalized spacial score (nSPS) is 20.2. The Labute approximate surface area is 127 Å². The molecule has 1 fully saturated rings. The summed E-state index contributed by atoms with van der Waals surface area (Å²) in [5.41, 5.74) is 7.20. The minimum atomic E-state index is 0.361. The zero-order chi connectivity index (χ0) is 14.5. The van der Waals surface area contributed by atoms with Crippen molar-refractivity contribution in [3.8, 4) is 5.75 Å². The average Bonchev–Trinajstić information content (AvgIpc) is 2.93. The molecule has 0 aliphatic carbocycles. The number of anilines is 1. The molecule has 2 atom stereocenters. The summed E-state index contributed by atoms with van der Waals surface area (Å²) in [6.45, 7) is 4.37. The molecule has 2 rings (SSSR count). The smallest absolute Gasteiger partial charge is 0.137 e. The number of hydrogen-bond donors (Lipinski definition) is 1. The van der Waals surface area contributed by atoms with Gasteiger partial charge in [-0.05, 0) is 49.8 Å². The van der Waals surface area contributed by atoms with E-state index in [0.29, 0.717) is 11.1 Å². The van der Waals surface area contributed by atoms with E-state index >= 15 is 0 Å². The first-order valence-corrected chi connectivity index (χ1v) is 7.86. The van der Waals surface area contributed by atoms with Crippen molar-refractivity contribution in [3.05, 3.63) is 23.2 Å². The predicted octanol–water partition coefficient (Wildman–Crippen LogP) is 3.69. The first-order chi connectivity index (χ1) is 9.63. The lowest BCUT2D eigenvalue weighted by molar-refractivity contribution is 0.415. The molecule has 0 spiro atoms. The van der Waals surface area contributed by atoms with Crippen LogP contribution >= 0.6 is 11.6 Å². The molecule has 0 amide bonds. The number of benzene rings is 1. The molecule has 1 saturated heterocycles. The third-order valence-corrected chi connectivity index (χ3v) is 4.55. The molecule has 1 aliphatic heterocycles. The summed E-state index contributed by atoms with van der Waals surface area (Å²) in [5.74, 6) is 1.49. The fourth-order valence-electron chi connectivity index (χ4n) is 2.81. The SMILES string of the molecule is CCC(N)CCC1CCN(c2ccc(OC)c(Cl)c2)C1. The van der Waals surface area contributed by atoms with Gasteiger partial charge in [0.15, 0.2) is 0 Å². The van der Waals surface area contributed by atoms with Crippen LogP contribution in [0.5, 0.6) is 5.75 Å². The first kappa shape index (κ1) is 15.5. The van der Waals surface area contributed by atoms with Gasteiger partial charge < -0.3 is 15.4 Å². The van der Waals surface area contributed by atoms with Gasteiger partial charge in [-0.15, -0.1) is 0 Å². The molecule has 20 heavy (non-hydrogen) atoms. The second-order valence-corrected chi connectivity index (χ2v) is 6.07. The molecule has 0 aromatic heterocycles. The highest BCUT2D eigenvalue weighted by Gasteiger charge is 2.23. The zero-order valence-electron chi connectivity index (χ0n) is 12.4. The van der Waals surface area contributed by atoms with Crippen LogP contribution in [-0.4, -0.2) is 26.2 Å². The summed E-state index contributed by atoms with van der Waals surface area (Å²) in [6.07, 6.45) is 4.69. The lowest BCUT2D eigenvalue weighted by Crippen LogP contribution is -2.22. The number of halogens is 1. The van der Waals surface area contributed by atoms with Gasteiger partial charge in [0.25, 0.3) is 0 Å². The van der Waals surface area contributed by atoms with Crippen molar-refractivity contribution < 1.29 is 4.74 Å². The Kier molecular flexibility index (Phi) is 5.55. The lowest BCUT2D eigenvalue weighted by Gasteiger charge is -2.20. The molecular formula is C16H25ClN2O. The highest BCUT2D eigenvalue weighted by molar-refractivity contribution is 6.32. The van der Waals surface area contributed by atoms with Crippen LogP contribution in [0.4, 0.5) is 5.69 Å². The monoisotopic (exact) mass is 296 g/mol. The molecular weight excluding hydrogens is 272 g/mol. The molecule has 2 N–H and O–H groups in total. The number of ether oxygens (including phenoxy) is 1. The predicted molar refractivity (Wildman–Crippen MR) is 85.8 cm³/mol. The van der Waals surface area contributed by atoms with Crippen LogP contribution in [0.1, 0.15) is 32.6 Å². The van der Waals surface area contributed by atoms with E-state index < -0.39 is 0 Å². The van der Waals surface area contributed by atoms with Crippen molar-refractivity contribution in [2.75, 3.05) is 25.1 Å². The number of methoxy groups -OCH3 is 1. The van der Waals surface area contributed by atoms with Gasteiger partial charge in [-0.2, -0.15) is 0 Å². The van der Waals surface area contributed by atoms with Gasteiger partial charge in [0.2, 0.25) is 0 Å². The molecule has 0 bridgehead atoms. The molecule has 2 unspecified atom stereocenters. The van der Waals surface area contributed by atoms with E-state index in [4.69, 9.17) is 22.1 Å². The Bertz CT molecular complexity index is 438. The molecule has 112 valence electrons. The molecule has 0 saturated carbocycles. The minimum absolute atomic E-state index is 0.361. The van der Waals surface area contributed by atoms with Crippen LogP contribution in [0.15, 0.2) is 18.2 Å². The molecule has 3 nitrogen and oxygen atoms in total. The van der Waals surface area contributed by atoms with E-state index in [0.717, 1.165) is 37.6 Å². The quantitative estimate of drug-likeness (QED) is 0.870. The van der Waals surface area contributed by atoms with E-state index in [1.54, 1.807) is 7.11 Å². The number of nitrogens with two attached hydrogens (primary N) is 1. The van der Waals surface area contributed by atoms with Crippen molar-refractivity contribution in [1.29, 1.82) is 0 Å². The number of rotatable bonds is 6. The van der Waals surface area contributed by atoms with E-state index in [9.17, 15) is 0 Å².